The summed E-state index contributed by atoms with van der Waals surface area (Å²) in [5, 5.41) is 8.41. The monoisotopic (exact) mass is 499 g/mol. The highest BCUT2D eigenvalue weighted by Gasteiger charge is 2.16. The van der Waals surface area contributed by atoms with E-state index in [-0.39, 0.29) is 19.0 Å². The van der Waals surface area contributed by atoms with E-state index < -0.39 is 5.69 Å². The second-order valence-corrected chi connectivity index (χ2v) is 8.61. The molecule has 11 heteroatoms. The van der Waals surface area contributed by atoms with Crippen molar-refractivity contribution in [3.05, 3.63) is 81.5 Å². The molecule has 0 fully saturated rings. The minimum atomic E-state index is -0.417. The predicted octanol–water partition coefficient (Wildman–Crippen LogP) is 3.17. The molecule has 2 heterocycles. The largest absolute Gasteiger partial charge is 0.493 e. The highest BCUT2D eigenvalue weighted by molar-refractivity contribution is 7.98. The first kappa shape index (κ1) is 23.7. The highest BCUT2D eigenvalue weighted by Crippen LogP contribution is 2.30. The van der Waals surface area contributed by atoms with E-state index in [4.69, 9.17) is 21.1 Å². The van der Waals surface area contributed by atoms with Crippen LogP contribution in [0.2, 0.25) is 5.02 Å². The number of nitrogens with one attached hydrogen (secondary N) is 1. The summed E-state index contributed by atoms with van der Waals surface area (Å²) < 4.78 is 13.2. The Kier molecular flexibility index (Phi) is 7.39. The molecule has 0 aliphatic rings. The molecule has 0 saturated carbocycles. The molecule has 4 aromatic rings. The number of thioether (sulfide) groups is 1. The Labute approximate surface area is 204 Å². The molecule has 1 N–H and O–H groups in total. The molecule has 2 aromatic heterocycles. The van der Waals surface area contributed by atoms with E-state index in [1.165, 1.54) is 29.5 Å². The molecule has 2 aromatic carbocycles. The number of fused-ring (bicyclic) bond motifs is 1. The molecule has 4 rings (SSSR count). The predicted molar refractivity (Wildman–Crippen MR) is 130 cm³/mol. The Hall–Kier alpha value is -3.50. The summed E-state index contributed by atoms with van der Waals surface area (Å²) in [6.45, 7) is -0.0147. The highest BCUT2D eigenvalue weighted by atomic mass is 35.5. The Morgan fingerprint density at radius 3 is 2.68 bits per heavy atom. The van der Waals surface area contributed by atoms with Crippen molar-refractivity contribution >= 4 is 34.9 Å². The minimum absolute atomic E-state index is 0.213. The third-order valence-electron chi connectivity index (χ3n) is 5.01. The summed E-state index contributed by atoms with van der Waals surface area (Å²) in [5.41, 5.74) is 1.79. The summed E-state index contributed by atoms with van der Waals surface area (Å²) in [6.07, 6.45) is 3.08. The fraction of sp³-hybridized carbons (Fsp3) is 0.217. The molecular weight excluding hydrogens is 478 g/mol. The van der Waals surface area contributed by atoms with Crippen molar-refractivity contribution in [2.45, 2.75) is 23.9 Å². The van der Waals surface area contributed by atoms with Crippen molar-refractivity contribution in [1.29, 1.82) is 0 Å². The Bertz CT molecular complexity index is 1370. The maximum absolute atomic E-state index is 12.8. The first-order valence-corrected chi connectivity index (χ1v) is 11.6. The number of hydrogen-bond donors (Lipinski definition) is 1. The molecule has 0 saturated heterocycles. The molecule has 0 aliphatic carbocycles. The van der Waals surface area contributed by atoms with E-state index >= 15 is 0 Å². The number of halogens is 1. The van der Waals surface area contributed by atoms with Gasteiger partial charge in [0.05, 0.1) is 14.2 Å². The topological polar surface area (TPSA) is 99.7 Å². The van der Waals surface area contributed by atoms with Gasteiger partial charge in [-0.05, 0) is 23.8 Å². The quantitative estimate of drug-likeness (QED) is 0.353. The second kappa shape index (κ2) is 10.6. The summed E-state index contributed by atoms with van der Waals surface area (Å²) in [4.78, 5) is 29.7. The van der Waals surface area contributed by atoms with Gasteiger partial charge >= 0.3 is 5.69 Å². The SMILES string of the molecule is COc1cccc(CNC(=O)Cn2nc3c(SCc4ccc(Cl)cc4)nccn3c2=O)c1OC. The van der Waals surface area contributed by atoms with E-state index in [0.29, 0.717) is 32.9 Å². The average molecular weight is 500 g/mol. The van der Waals surface area contributed by atoms with Crippen molar-refractivity contribution in [2.24, 2.45) is 0 Å². The van der Waals surface area contributed by atoms with Crippen molar-refractivity contribution in [3.63, 3.8) is 0 Å². The Morgan fingerprint density at radius 2 is 1.94 bits per heavy atom. The summed E-state index contributed by atoms with van der Waals surface area (Å²) >= 11 is 7.39. The lowest BCUT2D eigenvalue weighted by molar-refractivity contribution is -0.122. The molecular formula is C23H22ClN5O4S. The number of amides is 1. The number of carbonyl (C=O) groups excluding carboxylic acids is 1. The van der Waals surface area contributed by atoms with Crippen LogP contribution in [0.25, 0.3) is 5.65 Å². The van der Waals surface area contributed by atoms with Crippen LogP contribution in [0.5, 0.6) is 11.5 Å². The van der Waals surface area contributed by atoms with Crippen LogP contribution in [0.15, 0.2) is 64.7 Å². The molecule has 9 nitrogen and oxygen atoms in total. The number of methoxy groups -OCH3 is 2. The molecule has 0 radical (unpaired) electrons. The smallest absolute Gasteiger partial charge is 0.350 e. The van der Waals surface area contributed by atoms with E-state index in [1.54, 1.807) is 19.4 Å². The van der Waals surface area contributed by atoms with Gasteiger partial charge in [0.25, 0.3) is 0 Å². The van der Waals surface area contributed by atoms with Crippen LogP contribution in [-0.4, -0.2) is 39.3 Å². The lowest BCUT2D eigenvalue weighted by atomic mass is 10.2. The fourth-order valence-corrected chi connectivity index (χ4v) is 4.37. The zero-order valence-electron chi connectivity index (χ0n) is 18.5. The number of benzene rings is 2. The van der Waals surface area contributed by atoms with Gasteiger partial charge in [-0.3, -0.25) is 4.79 Å². The summed E-state index contributed by atoms with van der Waals surface area (Å²) in [5.74, 6) is 1.39. The first-order valence-electron chi connectivity index (χ1n) is 10.3. The van der Waals surface area contributed by atoms with Crippen LogP contribution in [-0.2, 0) is 23.6 Å². The van der Waals surface area contributed by atoms with Crippen molar-refractivity contribution in [2.75, 3.05) is 14.2 Å². The van der Waals surface area contributed by atoms with Crippen LogP contribution >= 0.6 is 23.4 Å². The molecule has 1 amide bonds. The third-order valence-corrected chi connectivity index (χ3v) is 6.30. The number of carbonyl (C=O) groups is 1. The molecule has 0 atom stereocenters. The number of hydrogen-bond acceptors (Lipinski definition) is 7. The number of nitrogens with zero attached hydrogens (tertiary/aromatic N) is 4. The van der Waals surface area contributed by atoms with E-state index in [0.717, 1.165) is 15.8 Å². The maximum atomic E-state index is 12.8. The zero-order chi connectivity index (χ0) is 24.1. The van der Waals surface area contributed by atoms with Gasteiger partial charge in [-0.15, -0.1) is 5.10 Å². The summed E-state index contributed by atoms with van der Waals surface area (Å²) in [7, 11) is 3.09. The van der Waals surface area contributed by atoms with E-state index in [9.17, 15) is 9.59 Å². The van der Waals surface area contributed by atoms with Crippen molar-refractivity contribution in [1.82, 2.24) is 24.5 Å². The first-order chi connectivity index (χ1) is 16.5. The van der Waals surface area contributed by atoms with Gasteiger partial charge < -0.3 is 14.8 Å². The minimum Gasteiger partial charge on any atom is -0.493 e. The van der Waals surface area contributed by atoms with Gasteiger partial charge in [-0.1, -0.05) is 47.6 Å². The van der Waals surface area contributed by atoms with Crippen LogP contribution in [0.3, 0.4) is 0 Å². The maximum Gasteiger partial charge on any atom is 0.350 e. The standard InChI is InChI=1S/C23H22ClN5O4S/c1-32-18-5-3-4-16(20(18)33-2)12-26-19(30)13-29-23(31)28-11-10-25-22(21(28)27-29)34-14-15-6-8-17(24)9-7-15/h3-11H,12-14H2,1-2H3,(H,26,30). The zero-order valence-corrected chi connectivity index (χ0v) is 20.1. The van der Waals surface area contributed by atoms with Crippen LogP contribution in [0.4, 0.5) is 0 Å². The van der Waals surface area contributed by atoms with Gasteiger partial charge in [0.15, 0.2) is 17.1 Å². The Balaban J connectivity index is 1.47. The molecule has 176 valence electrons. The fourth-order valence-electron chi connectivity index (χ4n) is 3.34. The molecule has 0 aliphatic heterocycles. The number of para-hydroxylation sites is 1. The number of aromatic nitrogens is 4. The molecule has 0 spiro atoms. The van der Waals surface area contributed by atoms with Crippen LogP contribution in [0.1, 0.15) is 11.1 Å². The number of rotatable bonds is 9. The van der Waals surface area contributed by atoms with Gasteiger partial charge in [-0.2, -0.15) is 0 Å². The normalized spacial score (nSPS) is 10.9. The van der Waals surface area contributed by atoms with Crippen molar-refractivity contribution < 1.29 is 14.3 Å². The summed E-state index contributed by atoms with van der Waals surface area (Å²) in [6, 6.07) is 12.9. The second-order valence-electron chi connectivity index (χ2n) is 7.21. The van der Waals surface area contributed by atoms with Gasteiger partial charge in [0, 0.05) is 35.3 Å². The molecule has 0 unspecified atom stereocenters. The molecule has 0 bridgehead atoms. The van der Waals surface area contributed by atoms with Crippen LogP contribution < -0.4 is 20.5 Å². The van der Waals surface area contributed by atoms with Gasteiger partial charge in [0.1, 0.15) is 11.6 Å². The third kappa shape index (κ3) is 5.18. The molecule has 34 heavy (non-hydrogen) atoms. The average Bonchev–Trinajstić information content (AvgIpc) is 3.17. The van der Waals surface area contributed by atoms with E-state index in [2.05, 4.69) is 15.4 Å². The van der Waals surface area contributed by atoms with Gasteiger partial charge in [-0.25, -0.2) is 18.9 Å². The number of ether oxygens (including phenoxy) is 2. The Morgan fingerprint density at radius 1 is 1.15 bits per heavy atom. The van der Waals surface area contributed by atoms with Crippen LogP contribution in [0, 0.1) is 0 Å². The lowest BCUT2D eigenvalue weighted by Crippen LogP contribution is -2.32. The van der Waals surface area contributed by atoms with Crippen molar-refractivity contribution in [3.8, 4) is 11.5 Å². The lowest BCUT2D eigenvalue weighted by Gasteiger charge is -2.13. The van der Waals surface area contributed by atoms with E-state index in [1.807, 2.05) is 36.4 Å². The van der Waals surface area contributed by atoms with Gasteiger partial charge in [0.2, 0.25) is 5.91 Å².